The molecule has 0 spiro atoms. The molecule has 25 heavy (non-hydrogen) atoms. The molecule has 0 amide bonds. The quantitative estimate of drug-likeness (QED) is 0.615. The average Bonchev–Trinajstić information content (AvgIpc) is 2.77. The Morgan fingerprint density at radius 1 is 1.16 bits per heavy atom. The molecule has 2 aromatic rings. The molecule has 0 saturated heterocycles. The minimum absolute atomic E-state index is 0.0719. The molecule has 130 valence electrons. The number of sulfonamides is 1. The van der Waals surface area contributed by atoms with Crippen molar-refractivity contribution in [3.8, 4) is 5.75 Å². The van der Waals surface area contributed by atoms with E-state index in [0.717, 1.165) is 17.2 Å². The van der Waals surface area contributed by atoms with Crippen molar-refractivity contribution in [2.75, 3.05) is 0 Å². The molecule has 0 N–H and O–H groups in total. The van der Waals surface area contributed by atoms with Crippen molar-refractivity contribution >= 4 is 21.6 Å². The maximum absolute atomic E-state index is 12.2. The molecule has 1 heterocycles. The van der Waals surface area contributed by atoms with E-state index in [4.69, 9.17) is 4.74 Å². The summed E-state index contributed by atoms with van der Waals surface area (Å²) in [7, 11) is -4.02. The number of non-ortho nitro benzene ring substituents is 1. The summed E-state index contributed by atoms with van der Waals surface area (Å²) in [5.74, 6) is 0.623. The van der Waals surface area contributed by atoms with Crippen LogP contribution in [-0.4, -0.2) is 19.2 Å². The van der Waals surface area contributed by atoms with E-state index in [1.807, 2.05) is 39.0 Å². The maximum atomic E-state index is 12.2. The van der Waals surface area contributed by atoms with Crippen LogP contribution in [0.25, 0.3) is 0 Å². The molecular weight excluding hydrogens is 344 g/mol. The molecule has 0 bridgehead atoms. The number of nitro benzene ring substituents is 1. The highest BCUT2D eigenvalue weighted by Crippen LogP contribution is 2.33. The summed E-state index contributed by atoms with van der Waals surface area (Å²) in [4.78, 5) is 10.0. The van der Waals surface area contributed by atoms with Gasteiger partial charge >= 0.3 is 0 Å². The molecular formula is C17H16N2O5S. The van der Waals surface area contributed by atoms with E-state index in [1.54, 1.807) is 0 Å². The molecule has 1 aliphatic rings. The van der Waals surface area contributed by atoms with Gasteiger partial charge in [0, 0.05) is 12.1 Å². The largest absolute Gasteiger partial charge is 0.437 e. The first-order valence-corrected chi connectivity index (χ1v) is 9.05. The van der Waals surface area contributed by atoms with E-state index in [9.17, 15) is 18.5 Å². The Hall–Kier alpha value is -2.74. The number of hydrogen-bond acceptors (Lipinski definition) is 5. The third kappa shape index (κ3) is 3.12. The number of fused-ring (bicyclic) bond motifs is 1. The molecule has 2 aromatic carbocycles. The molecule has 0 unspecified atom stereocenters. The van der Waals surface area contributed by atoms with Crippen molar-refractivity contribution in [3.05, 3.63) is 63.2 Å². The summed E-state index contributed by atoms with van der Waals surface area (Å²) in [6.07, 6.45) is 0. The van der Waals surface area contributed by atoms with E-state index in [-0.39, 0.29) is 28.0 Å². The van der Waals surface area contributed by atoms with Crippen LogP contribution >= 0.6 is 0 Å². The molecule has 3 rings (SSSR count). The van der Waals surface area contributed by atoms with Crippen molar-refractivity contribution in [2.24, 2.45) is 4.40 Å². The topological polar surface area (TPSA) is 98.9 Å². The molecule has 0 aromatic heterocycles. The molecule has 0 fully saturated rings. The van der Waals surface area contributed by atoms with Gasteiger partial charge in [-0.2, -0.15) is 8.42 Å². The van der Waals surface area contributed by atoms with Crippen LogP contribution in [0.15, 0.2) is 45.7 Å². The fraction of sp³-hybridized carbons (Fsp3) is 0.235. The second kappa shape index (κ2) is 5.96. The van der Waals surface area contributed by atoms with Gasteiger partial charge in [-0.1, -0.05) is 26.0 Å². The third-order valence-corrected chi connectivity index (χ3v) is 5.18. The minimum Gasteiger partial charge on any atom is -0.437 e. The Morgan fingerprint density at radius 3 is 2.52 bits per heavy atom. The lowest BCUT2D eigenvalue weighted by molar-refractivity contribution is -0.385. The van der Waals surface area contributed by atoms with E-state index >= 15 is 0 Å². The van der Waals surface area contributed by atoms with E-state index < -0.39 is 14.9 Å². The average molecular weight is 360 g/mol. The van der Waals surface area contributed by atoms with Crippen LogP contribution in [-0.2, 0) is 10.0 Å². The van der Waals surface area contributed by atoms with Gasteiger partial charge in [0.05, 0.1) is 10.5 Å². The first kappa shape index (κ1) is 17.1. The normalized spacial score (nSPS) is 15.0. The summed E-state index contributed by atoms with van der Waals surface area (Å²) in [6, 6.07) is 9.28. The van der Waals surface area contributed by atoms with Gasteiger partial charge in [0.25, 0.3) is 15.7 Å². The van der Waals surface area contributed by atoms with Crippen molar-refractivity contribution in [1.82, 2.24) is 0 Å². The van der Waals surface area contributed by atoms with Crippen LogP contribution in [0.3, 0.4) is 0 Å². The predicted molar refractivity (Wildman–Crippen MR) is 92.7 cm³/mol. The lowest BCUT2D eigenvalue weighted by Gasteiger charge is -2.14. The highest BCUT2D eigenvalue weighted by Gasteiger charge is 2.33. The van der Waals surface area contributed by atoms with Gasteiger partial charge in [0.15, 0.2) is 0 Å². The van der Waals surface area contributed by atoms with Crippen molar-refractivity contribution in [1.29, 1.82) is 0 Å². The number of nitro groups is 1. The van der Waals surface area contributed by atoms with Crippen LogP contribution in [0.5, 0.6) is 5.75 Å². The third-order valence-electron chi connectivity index (χ3n) is 3.89. The highest BCUT2D eigenvalue weighted by atomic mass is 32.2. The zero-order valence-corrected chi connectivity index (χ0v) is 14.7. The van der Waals surface area contributed by atoms with Crippen LogP contribution in [0, 0.1) is 17.0 Å². The first-order chi connectivity index (χ1) is 11.7. The minimum atomic E-state index is -4.02. The summed E-state index contributed by atoms with van der Waals surface area (Å²) in [5, 5.41) is 10.9. The van der Waals surface area contributed by atoms with Gasteiger partial charge in [0.2, 0.25) is 5.90 Å². The zero-order chi connectivity index (χ0) is 18.4. The number of benzene rings is 2. The maximum Gasteiger partial charge on any atom is 0.286 e. The van der Waals surface area contributed by atoms with Crippen LogP contribution in [0.4, 0.5) is 5.69 Å². The molecule has 0 aliphatic carbocycles. The molecule has 7 nitrogen and oxygen atoms in total. The summed E-state index contributed by atoms with van der Waals surface area (Å²) < 4.78 is 33.9. The van der Waals surface area contributed by atoms with Crippen LogP contribution < -0.4 is 4.74 Å². The smallest absolute Gasteiger partial charge is 0.286 e. The lowest BCUT2D eigenvalue weighted by atomic mass is 10.0. The Morgan fingerprint density at radius 2 is 1.88 bits per heavy atom. The van der Waals surface area contributed by atoms with Gasteiger partial charge in [-0.15, -0.1) is 4.40 Å². The summed E-state index contributed by atoms with van der Waals surface area (Å²) in [5.41, 5.74) is 1.80. The van der Waals surface area contributed by atoms with Gasteiger partial charge in [0.1, 0.15) is 10.6 Å². The van der Waals surface area contributed by atoms with Gasteiger partial charge in [-0.05, 0) is 36.1 Å². The number of rotatable bonds is 3. The molecule has 8 heteroatoms. The van der Waals surface area contributed by atoms with Gasteiger partial charge in [-0.25, -0.2) is 0 Å². The molecule has 0 atom stereocenters. The molecule has 1 aliphatic heterocycles. The number of aryl methyl sites for hydroxylation is 1. The monoisotopic (exact) mass is 360 g/mol. The van der Waals surface area contributed by atoms with E-state index in [2.05, 4.69) is 4.40 Å². The first-order valence-electron chi connectivity index (χ1n) is 7.61. The van der Waals surface area contributed by atoms with E-state index in [1.165, 1.54) is 12.1 Å². The van der Waals surface area contributed by atoms with Crippen molar-refractivity contribution in [3.63, 3.8) is 0 Å². The lowest BCUT2D eigenvalue weighted by Crippen LogP contribution is -2.10. The fourth-order valence-electron chi connectivity index (χ4n) is 2.61. The standard InChI is InChI=1S/C17H16N2O5S/c1-10(2)13-6-4-11(3)8-15(13)24-17-14-7-5-12(19(20)21)9-16(14)25(22,23)18-17/h4-10H,1-3H3. The molecule has 0 saturated carbocycles. The summed E-state index contributed by atoms with van der Waals surface area (Å²) >= 11 is 0. The van der Waals surface area contributed by atoms with Gasteiger partial charge < -0.3 is 4.74 Å². The Labute approximate surface area is 145 Å². The second-order valence-corrected chi connectivity index (χ2v) is 7.68. The SMILES string of the molecule is Cc1ccc(C(C)C)c(OC2=NS(=O)(=O)c3cc([N+](=O)[O-])ccc32)c1. The predicted octanol–water partition coefficient (Wildman–Crippen LogP) is 3.55. The zero-order valence-electron chi connectivity index (χ0n) is 13.9. The summed E-state index contributed by atoms with van der Waals surface area (Å²) in [6.45, 7) is 5.91. The van der Waals surface area contributed by atoms with Gasteiger partial charge in [-0.3, -0.25) is 10.1 Å². The number of ether oxygens (including phenoxy) is 1. The Kier molecular flexibility index (Phi) is 4.08. The number of nitrogens with zero attached hydrogens (tertiary/aromatic N) is 2. The highest BCUT2D eigenvalue weighted by molar-refractivity contribution is 7.90. The van der Waals surface area contributed by atoms with E-state index in [0.29, 0.717) is 5.75 Å². The van der Waals surface area contributed by atoms with Crippen molar-refractivity contribution in [2.45, 2.75) is 31.6 Å². The second-order valence-electron chi connectivity index (χ2n) is 6.11. The fourth-order valence-corrected chi connectivity index (χ4v) is 3.76. The van der Waals surface area contributed by atoms with Crippen LogP contribution in [0.2, 0.25) is 0 Å². The number of hydrogen-bond donors (Lipinski definition) is 0. The Balaban J connectivity index is 2.08. The molecule has 0 radical (unpaired) electrons. The van der Waals surface area contributed by atoms with Crippen LogP contribution in [0.1, 0.15) is 36.5 Å². The van der Waals surface area contributed by atoms with Crippen molar-refractivity contribution < 1.29 is 18.1 Å². The Bertz CT molecular complexity index is 1010.